The molecule has 7 heteroatoms. The fraction of sp³-hybridized carbons (Fsp3) is 0.412. The van der Waals surface area contributed by atoms with E-state index in [1.807, 2.05) is 42.2 Å². The standard InChI is InChI=1S/C17H20N4O2S/c1-2-14(22)21-10-8-12(9-11-21)16-19-20-17(24-16)15(23)18-13-6-4-3-5-7-13/h3-7,12H,2,8-11H2,1H3,(H,18,23). The van der Waals surface area contributed by atoms with Crippen LogP contribution in [-0.2, 0) is 4.79 Å². The number of anilines is 1. The molecule has 0 aliphatic carbocycles. The lowest BCUT2D eigenvalue weighted by Gasteiger charge is -2.30. The Bertz CT molecular complexity index is 708. The molecule has 1 aromatic carbocycles. The molecule has 0 unspecified atom stereocenters. The second-order valence-corrected chi connectivity index (χ2v) is 6.78. The molecule has 24 heavy (non-hydrogen) atoms. The van der Waals surface area contributed by atoms with E-state index in [1.165, 1.54) is 11.3 Å². The maximum Gasteiger partial charge on any atom is 0.286 e. The molecule has 2 aromatic rings. The van der Waals surface area contributed by atoms with Gasteiger partial charge in [-0.25, -0.2) is 0 Å². The second-order valence-electron chi connectivity index (χ2n) is 5.77. The first-order chi connectivity index (χ1) is 11.7. The highest BCUT2D eigenvalue weighted by Gasteiger charge is 2.26. The predicted octanol–water partition coefficient (Wildman–Crippen LogP) is 2.91. The number of hydrogen-bond donors (Lipinski definition) is 1. The maximum atomic E-state index is 12.2. The lowest BCUT2D eigenvalue weighted by atomic mass is 9.97. The maximum absolute atomic E-state index is 12.2. The summed E-state index contributed by atoms with van der Waals surface area (Å²) in [5.74, 6) is 0.249. The van der Waals surface area contributed by atoms with Gasteiger partial charge in [0.2, 0.25) is 10.9 Å². The van der Waals surface area contributed by atoms with Crippen molar-refractivity contribution in [3.8, 4) is 0 Å². The molecule has 1 aliphatic rings. The smallest absolute Gasteiger partial charge is 0.286 e. The third-order valence-electron chi connectivity index (χ3n) is 4.17. The number of nitrogens with one attached hydrogen (secondary N) is 1. The average molecular weight is 344 g/mol. The number of piperidine rings is 1. The normalized spacial score (nSPS) is 15.3. The molecule has 1 fully saturated rings. The van der Waals surface area contributed by atoms with E-state index < -0.39 is 0 Å². The van der Waals surface area contributed by atoms with Crippen LogP contribution in [0.25, 0.3) is 0 Å². The van der Waals surface area contributed by atoms with Crippen molar-refractivity contribution >= 4 is 28.8 Å². The number of para-hydroxylation sites is 1. The van der Waals surface area contributed by atoms with E-state index in [4.69, 9.17) is 0 Å². The fourth-order valence-electron chi connectivity index (χ4n) is 2.80. The number of benzene rings is 1. The van der Waals surface area contributed by atoms with Gasteiger partial charge in [0.1, 0.15) is 5.01 Å². The van der Waals surface area contributed by atoms with Gasteiger partial charge in [0.05, 0.1) is 0 Å². The van der Waals surface area contributed by atoms with Crippen molar-refractivity contribution < 1.29 is 9.59 Å². The minimum atomic E-state index is -0.233. The van der Waals surface area contributed by atoms with Crippen molar-refractivity contribution in [2.45, 2.75) is 32.1 Å². The van der Waals surface area contributed by atoms with Gasteiger partial charge in [-0.15, -0.1) is 10.2 Å². The summed E-state index contributed by atoms with van der Waals surface area (Å²) in [4.78, 5) is 25.9. The Morgan fingerprint density at radius 2 is 1.92 bits per heavy atom. The topological polar surface area (TPSA) is 75.2 Å². The van der Waals surface area contributed by atoms with E-state index in [0.29, 0.717) is 11.4 Å². The summed E-state index contributed by atoms with van der Waals surface area (Å²) in [6, 6.07) is 9.30. The van der Waals surface area contributed by atoms with Gasteiger partial charge in [-0.3, -0.25) is 9.59 Å². The first-order valence-corrected chi connectivity index (χ1v) is 8.96. The molecule has 2 heterocycles. The molecular formula is C17H20N4O2S. The van der Waals surface area contributed by atoms with Crippen LogP contribution in [0.5, 0.6) is 0 Å². The molecular weight excluding hydrogens is 324 g/mol. The summed E-state index contributed by atoms with van der Waals surface area (Å²) in [6.45, 7) is 3.39. The molecule has 0 radical (unpaired) electrons. The van der Waals surface area contributed by atoms with Crippen LogP contribution >= 0.6 is 11.3 Å². The Morgan fingerprint density at radius 3 is 2.58 bits per heavy atom. The van der Waals surface area contributed by atoms with Crippen LogP contribution in [0.3, 0.4) is 0 Å². The van der Waals surface area contributed by atoms with Crippen molar-refractivity contribution in [1.29, 1.82) is 0 Å². The van der Waals surface area contributed by atoms with Crippen LogP contribution in [-0.4, -0.2) is 40.0 Å². The van der Waals surface area contributed by atoms with Gasteiger partial charge >= 0.3 is 0 Å². The lowest BCUT2D eigenvalue weighted by molar-refractivity contribution is -0.131. The molecule has 1 aromatic heterocycles. The highest BCUT2D eigenvalue weighted by atomic mass is 32.1. The summed E-state index contributed by atoms with van der Waals surface area (Å²) in [6.07, 6.45) is 2.30. The van der Waals surface area contributed by atoms with Crippen LogP contribution in [0.1, 0.15) is 46.9 Å². The van der Waals surface area contributed by atoms with Gasteiger partial charge in [0, 0.05) is 31.1 Å². The van der Waals surface area contributed by atoms with Gasteiger partial charge in [0.15, 0.2) is 0 Å². The zero-order valence-electron chi connectivity index (χ0n) is 13.6. The Kier molecular flexibility index (Phi) is 5.20. The molecule has 0 saturated carbocycles. The van der Waals surface area contributed by atoms with E-state index in [1.54, 1.807) is 0 Å². The van der Waals surface area contributed by atoms with Gasteiger partial charge in [-0.2, -0.15) is 0 Å². The van der Waals surface area contributed by atoms with Gasteiger partial charge < -0.3 is 10.2 Å². The van der Waals surface area contributed by atoms with E-state index in [-0.39, 0.29) is 17.7 Å². The Labute approximate surface area is 144 Å². The number of likely N-dealkylation sites (tertiary alicyclic amines) is 1. The third-order valence-corrected chi connectivity index (χ3v) is 5.25. The second kappa shape index (κ2) is 7.53. The number of carbonyl (C=O) groups excluding carboxylic acids is 2. The number of aromatic nitrogens is 2. The number of rotatable bonds is 4. The molecule has 6 nitrogen and oxygen atoms in total. The van der Waals surface area contributed by atoms with Crippen molar-refractivity contribution in [3.63, 3.8) is 0 Å². The average Bonchev–Trinajstić information content (AvgIpc) is 3.12. The number of nitrogens with zero attached hydrogens (tertiary/aromatic N) is 3. The summed E-state index contributed by atoms with van der Waals surface area (Å²) in [5, 5.41) is 12.3. The monoisotopic (exact) mass is 344 g/mol. The number of amides is 2. The number of carbonyl (C=O) groups is 2. The minimum Gasteiger partial charge on any atom is -0.343 e. The lowest BCUT2D eigenvalue weighted by Crippen LogP contribution is -2.37. The molecule has 0 atom stereocenters. The highest BCUT2D eigenvalue weighted by molar-refractivity contribution is 7.13. The molecule has 1 N–H and O–H groups in total. The van der Waals surface area contributed by atoms with Crippen LogP contribution in [0, 0.1) is 0 Å². The van der Waals surface area contributed by atoms with E-state index in [0.717, 1.165) is 36.6 Å². The van der Waals surface area contributed by atoms with Crippen LogP contribution in [0.2, 0.25) is 0 Å². The first-order valence-electron chi connectivity index (χ1n) is 8.15. The molecule has 1 aliphatic heterocycles. The minimum absolute atomic E-state index is 0.202. The molecule has 1 saturated heterocycles. The molecule has 0 spiro atoms. The third kappa shape index (κ3) is 3.79. The summed E-state index contributed by atoms with van der Waals surface area (Å²) >= 11 is 1.34. The molecule has 0 bridgehead atoms. The van der Waals surface area contributed by atoms with Gasteiger partial charge in [-0.1, -0.05) is 36.5 Å². The predicted molar refractivity (Wildman–Crippen MR) is 93.2 cm³/mol. The van der Waals surface area contributed by atoms with Gasteiger partial charge in [0.25, 0.3) is 5.91 Å². The van der Waals surface area contributed by atoms with Crippen molar-refractivity contribution in [3.05, 3.63) is 40.3 Å². The zero-order chi connectivity index (χ0) is 16.9. The van der Waals surface area contributed by atoms with Crippen LogP contribution in [0.15, 0.2) is 30.3 Å². The largest absolute Gasteiger partial charge is 0.343 e. The Hall–Kier alpha value is -2.28. The quantitative estimate of drug-likeness (QED) is 0.925. The summed E-state index contributed by atoms with van der Waals surface area (Å²) < 4.78 is 0. The van der Waals surface area contributed by atoms with E-state index in [2.05, 4.69) is 15.5 Å². The van der Waals surface area contributed by atoms with Crippen molar-refractivity contribution in [2.24, 2.45) is 0 Å². The Morgan fingerprint density at radius 1 is 1.21 bits per heavy atom. The summed E-state index contributed by atoms with van der Waals surface area (Å²) in [5.41, 5.74) is 0.741. The summed E-state index contributed by atoms with van der Waals surface area (Å²) in [7, 11) is 0. The SMILES string of the molecule is CCC(=O)N1CCC(c2nnc(C(=O)Nc3ccccc3)s2)CC1. The first kappa shape index (κ1) is 16.6. The van der Waals surface area contributed by atoms with Crippen LogP contribution in [0.4, 0.5) is 5.69 Å². The fourth-order valence-corrected chi connectivity index (χ4v) is 3.70. The molecule has 2 amide bonds. The van der Waals surface area contributed by atoms with Crippen molar-refractivity contribution in [2.75, 3.05) is 18.4 Å². The highest BCUT2D eigenvalue weighted by Crippen LogP contribution is 2.30. The van der Waals surface area contributed by atoms with Crippen LogP contribution < -0.4 is 5.32 Å². The van der Waals surface area contributed by atoms with Crippen molar-refractivity contribution in [1.82, 2.24) is 15.1 Å². The van der Waals surface area contributed by atoms with E-state index >= 15 is 0 Å². The van der Waals surface area contributed by atoms with Gasteiger partial charge in [-0.05, 0) is 25.0 Å². The zero-order valence-corrected chi connectivity index (χ0v) is 14.4. The number of hydrogen-bond acceptors (Lipinski definition) is 5. The van der Waals surface area contributed by atoms with E-state index in [9.17, 15) is 9.59 Å². The Balaban J connectivity index is 1.60. The molecule has 126 valence electrons. The molecule has 3 rings (SSSR count).